The Morgan fingerprint density at radius 3 is 1.85 bits per heavy atom. The summed E-state index contributed by atoms with van der Waals surface area (Å²) in [5.41, 5.74) is 7.44. The highest BCUT2D eigenvalue weighted by Gasteiger charge is 2.12. The van der Waals surface area contributed by atoms with E-state index in [1.807, 2.05) is 0 Å². The summed E-state index contributed by atoms with van der Waals surface area (Å²) in [5.74, 6) is 0. The van der Waals surface area contributed by atoms with Crippen LogP contribution < -0.4 is 0 Å². The maximum absolute atomic E-state index is 2.25. The lowest BCUT2D eigenvalue weighted by atomic mass is 9.93. The molecule has 0 unspecified atom stereocenters. The molecule has 1 heteroatoms. The van der Waals surface area contributed by atoms with Gasteiger partial charge in [-0.2, -0.15) is 0 Å². The van der Waals surface area contributed by atoms with E-state index in [1.54, 1.807) is 0 Å². The molecule has 0 atom stereocenters. The standard InChI is InChI=1S/C26H19N/c1-3-10-20(11-4-1)22-14-7-8-15-23(22)24-16-9-17-26-25(24)18-19-27(26)21-12-5-2-6-13-21/h1-19H. The van der Waals surface area contributed by atoms with E-state index in [0.29, 0.717) is 0 Å². The van der Waals surface area contributed by atoms with Crippen LogP contribution in [-0.2, 0) is 0 Å². The van der Waals surface area contributed by atoms with Gasteiger partial charge in [0.1, 0.15) is 0 Å². The molecule has 5 rings (SSSR count). The molecular formula is C26H19N. The highest BCUT2D eigenvalue weighted by Crippen LogP contribution is 2.36. The Morgan fingerprint density at radius 1 is 0.444 bits per heavy atom. The molecule has 1 heterocycles. The van der Waals surface area contributed by atoms with E-state index in [-0.39, 0.29) is 0 Å². The van der Waals surface area contributed by atoms with Crippen LogP contribution in [0.15, 0.2) is 115 Å². The number of hydrogen-bond donors (Lipinski definition) is 0. The van der Waals surface area contributed by atoms with Crippen LogP contribution in [0.1, 0.15) is 0 Å². The molecule has 0 saturated heterocycles. The highest BCUT2D eigenvalue weighted by molar-refractivity contribution is 6.00. The fraction of sp³-hybridized carbons (Fsp3) is 0. The van der Waals surface area contributed by atoms with Crippen molar-refractivity contribution in [2.75, 3.05) is 0 Å². The molecule has 4 aromatic carbocycles. The molecule has 1 nitrogen and oxygen atoms in total. The summed E-state index contributed by atoms with van der Waals surface area (Å²) in [5, 5.41) is 1.27. The van der Waals surface area contributed by atoms with Crippen LogP contribution in [0.3, 0.4) is 0 Å². The largest absolute Gasteiger partial charge is 0.317 e. The molecule has 0 aliphatic rings. The molecule has 0 fully saturated rings. The molecule has 0 bridgehead atoms. The molecule has 128 valence electrons. The summed E-state index contributed by atoms with van der Waals surface area (Å²) in [6.07, 6.45) is 2.16. The molecule has 0 amide bonds. The van der Waals surface area contributed by atoms with Gasteiger partial charge >= 0.3 is 0 Å². The first-order valence-electron chi connectivity index (χ1n) is 9.22. The lowest BCUT2D eigenvalue weighted by Gasteiger charge is -2.12. The Labute approximate surface area is 159 Å². The van der Waals surface area contributed by atoms with E-state index in [9.17, 15) is 0 Å². The van der Waals surface area contributed by atoms with Crippen LogP contribution >= 0.6 is 0 Å². The van der Waals surface area contributed by atoms with Crippen molar-refractivity contribution in [2.24, 2.45) is 0 Å². The van der Waals surface area contributed by atoms with Crippen molar-refractivity contribution >= 4 is 10.9 Å². The highest BCUT2D eigenvalue weighted by atomic mass is 15.0. The van der Waals surface area contributed by atoms with Crippen molar-refractivity contribution in [1.82, 2.24) is 4.57 Å². The van der Waals surface area contributed by atoms with Crippen LogP contribution in [-0.4, -0.2) is 4.57 Å². The zero-order valence-electron chi connectivity index (χ0n) is 14.9. The Kier molecular flexibility index (Phi) is 3.84. The first-order chi connectivity index (χ1) is 13.4. The first-order valence-corrected chi connectivity index (χ1v) is 9.22. The molecule has 5 aromatic rings. The number of rotatable bonds is 3. The summed E-state index contributed by atoms with van der Waals surface area (Å²) in [6, 6.07) is 38.5. The average Bonchev–Trinajstić information content (AvgIpc) is 3.19. The van der Waals surface area contributed by atoms with E-state index in [1.165, 1.54) is 38.8 Å². The van der Waals surface area contributed by atoms with E-state index in [4.69, 9.17) is 0 Å². The van der Waals surface area contributed by atoms with Gasteiger partial charge in [0.15, 0.2) is 0 Å². The molecule has 0 saturated carbocycles. The molecular weight excluding hydrogens is 326 g/mol. The number of nitrogens with zero attached hydrogens (tertiary/aromatic N) is 1. The summed E-state index contributed by atoms with van der Waals surface area (Å²) < 4.78 is 2.25. The minimum atomic E-state index is 1.18. The van der Waals surface area contributed by atoms with Gasteiger partial charge in [-0.25, -0.2) is 0 Å². The molecule has 0 radical (unpaired) electrons. The second kappa shape index (κ2) is 6.62. The number of para-hydroxylation sites is 1. The summed E-state index contributed by atoms with van der Waals surface area (Å²) in [4.78, 5) is 0. The maximum Gasteiger partial charge on any atom is 0.0534 e. The van der Waals surface area contributed by atoms with E-state index >= 15 is 0 Å². The second-order valence-corrected chi connectivity index (χ2v) is 6.67. The van der Waals surface area contributed by atoms with Crippen molar-refractivity contribution in [3.63, 3.8) is 0 Å². The van der Waals surface area contributed by atoms with Gasteiger partial charge in [-0.3, -0.25) is 0 Å². The van der Waals surface area contributed by atoms with E-state index in [0.717, 1.165) is 0 Å². The van der Waals surface area contributed by atoms with Gasteiger partial charge in [-0.05, 0) is 46.5 Å². The quantitative estimate of drug-likeness (QED) is 0.333. The Hall–Kier alpha value is -3.58. The normalized spacial score (nSPS) is 11.0. The lowest BCUT2D eigenvalue weighted by molar-refractivity contribution is 1.13. The topological polar surface area (TPSA) is 4.93 Å². The fourth-order valence-corrected chi connectivity index (χ4v) is 3.80. The molecule has 27 heavy (non-hydrogen) atoms. The third-order valence-corrected chi connectivity index (χ3v) is 5.07. The van der Waals surface area contributed by atoms with Crippen LogP contribution in [0, 0.1) is 0 Å². The smallest absolute Gasteiger partial charge is 0.0534 e. The van der Waals surface area contributed by atoms with Gasteiger partial charge in [-0.15, -0.1) is 0 Å². The van der Waals surface area contributed by atoms with Gasteiger partial charge < -0.3 is 4.57 Å². The van der Waals surface area contributed by atoms with Crippen LogP contribution in [0.2, 0.25) is 0 Å². The Bertz CT molecular complexity index is 1200. The van der Waals surface area contributed by atoms with Crippen molar-refractivity contribution < 1.29 is 0 Å². The SMILES string of the molecule is c1ccc(-c2ccccc2-c2cccc3c2ccn3-c2ccccc2)cc1. The van der Waals surface area contributed by atoms with Gasteiger partial charge in [0, 0.05) is 17.3 Å². The predicted octanol–water partition coefficient (Wildman–Crippen LogP) is 6.96. The number of hydrogen-bond acceptors (Lipinski definition) is 0. The second-order valence-electron chi connectivity index (χ2n) is 6.67. The van der Waals surface area contributed by atoms with Gasteiger partial charge in [0.05, 0.1) is 5.52 Å². The number of aromatic nitrogens is 1. The van der Waals surface area contributed by atoms with Crippen molar-refractivity contribution in [1.29, 1.82) is 0 Å². The summed E-state index contributed by atoms with van der Waals surface area (Å²) in [6.45, 7) is 0. The maximum atomic E-state index is 2.25. The van der Waals surface area contributed by atoms with Gasteiger partial charge in [0.25, 0.3) is 0 Å². The fourth-order valence-electron chi connectivity index (χ4n) is 3.80. The molecule has 0 N–H and O–H groups in total. The van der Waals surface area contributed by atoms with Gasteiger partial charge in [-0.1, -0.05) is 84.9 Å². The van der Waals surface area contributed by atoms with Crippen molar-refractivity contribution in [2.45, 2.75) is 0 Å². The summed E-state index contributed by atoms with van der Waals surface area (Å²) >= 11 is 0. The number of benzene rings is 4. The molecule has 0 aliphatic carbocycles. The Morgan fingerprint density at radius 2 is 1.07 bits per heavy atom. The first kappa shape index (κ1) is 15.7. The summed E-state index contributed by atoms with van der Waals surface area (Å²) in [7, 11) is 0. The van der Waals surface area contributed by atoms with Crippen LogP contribution in [0.4, 0.5) is 0 Å². The molecule has 0 spiro atoms. The minimum absolute atomic E-state index is 1.18. The average molecular weight is 345 g/mol. The van der Waals surface area contributed by atoms with Crippen molar-refractivity contribution in [3.05, 3.63) is 115 Å². The molecule has 0 aliphatic heterocycles. The third kappa shape index (κ3) is 2.74. The number of fused-ring (bicyclic) bond motifs is 1. The van der Waals surface area contributed by atoms with Gasteiger partial charge in [0.2, 0.25) is 0 Å². The minimum Gasteiger partial charge on any atom is -0.317 e. The zero-order valence-corrected chi connectivity index (χ0v) is 14.9. The van der Waals surface area contributed by atoms with Crippen LogP contribution in [0.5, 0.6) is 0 Å². The van der Waals surface area contributed by atoms with E-state index in [2.05, 4.69) is 120 Å². The lowest BCUT2D eigenvalue weighted by Crippen LogP contribution is -1.91. The monoisotopic (exact) mass is 345 g/mol. The van der Waals surface area contributed by atoms with Crippen LogP contribution in [0.25, 0.3) is 38.8 Å². The third-order valence-electron chi connectivity index (χ3n) is 5.07. The Balaban J connectivity index is 1.73. The molecule has 1 aromatic heterocycles. The zero-order chi connectivity index (χ0) is 18.1. The predicted molar refractivity (Wildman–Crippen MR) is 114 cm³/mol. The van der Waals surface area contributed by atoms with Crippen molar-refractivity contribution in [3.8, 4) is 27.9 Å². The van der Waals surface area contributed by atoms with E-state index < -0.39 is 0 Å².